The Morgan fingerprint density at radius 1 is 1.23 bits per heavy atom. The summed E-state index contributed by atoms with van der Waals surface area (Å²) in [6.07, 6.45) is 6.87. The third kappa shape index (κ3) is 4.95. The van der Waals surface area contributed by atoms with E-state index in [4.69, 9.17) is 4.74 Å². The van der Waals surface area contributed by atoms with Crippen LogP contribution in [0.3, 0.4) is 0 Å². The fourth-order valence-corrected chi connectivity index (χ4v) is 4.47. The number of rotatable bonds is 8. The van der Waals surface area contributed by atoms with Gasteiger partial charge in [0.2, 0.25) is 5.91 Å². The molecule has 1 atom stereocenters. The molecule has 1 aromatic carbocycles. The lowest BCUT2D eigenvalue weighted by molar-refractivity contribution is -0.123. The topological polar surface area (TPSA) is 71.5 Å². The molecule has 2 amide bonds. The van der Waals surface area contributed by atoms with Gasteiger partial charge >= 0.3 is 0 Å². The second-order valence-electron chi connectivity index (χ2n) is 8.40. The highest BCUT2D eigenvalue weighted by Gasteiger charge is 2.58. The number of benzene rings is 1. The molecule has 1 spiro atoms. The van der Waals surface area contributed by atoms with Crippen molar-refractivity contribution in [2.24, 2.45) is 11.3 Å². The summed E-state index contributed by atoms with van der Waals surface area (Å²) in [5.74, 6) is 0.909. The first kappa shape index (κ1) is 21.1. The van der Waals surface area contributed by atoms with Crippen molar-refractivity contribution in [2.75, 3.05) is 26.2 Å². The van der Waals surface area contributed by atoms with Crippen LogP contribution in [0, 0.1) is 11.3 Å². The summed E-state index contributed by atoms with van der Waals surface area (Å²) in [4.78, 5) is 31.7. The molecule has 1 saturated carbocycles. The minimum atomic E-state index is 0.0240. The fourth-order valence-electron chi connectivity index (χ4n) is 4.47. The molecule has 2 aromatic rings. The summed E-state index contributed by atoms with van der Waals surface area (Å²) in [7, 11) is 0. The number of ether oxygens (including phenoxy) is 1. The summed E-state index contributed by atoms with van der Waals surface area (Å²) in [6.45, 7) is 6.04. The summed E-state index contributed by atoms with van der Waals surface area (Å²) in [5, 5.41) is 3.07. The molecular formula is C25H29N3O3. The van der Waals surface area contributed by atoms with Gasteiger partial charge in [0.25, 0.3) is 5.91 Å². The van der Waals surface area contributed by atoms with E-state index >= 15 is 0 Å². The van der Waals surface area contributed by atoms with Crippen LogP contribution in [0.1, 0.15) is 35.3 Å². The molecule has 1 aliphatic carbocycles. The van der Waals surface area contributed by atoms with Crippen LogP contribution < -0.4 is 10.1 Å². The largest absolute Gasteiger partial charge is 0.490 e. The van der Waals surface area contributed by atoms with Crippen molar-refractivity contribution in [1.29, 1.82) is 0 Å². The second kappa shape index (κ2) is 9.33. The van der Waals surface area contributed by atoms with Crippen molar-refractivity contribution in [1.82, 2.24) is 15.2 Å². The van der Waals surface area contributed by atoms with Gasteiger partial charge in [-0.15, -0.1) is 0 Å². The second-order valence-corrected chi connectivity index (χ2v) is 8.40. The molecule has 6 heteroatoms. The molecule has 0 bridgehead atoms. The van der Waals surface area contributed by atoms with Gasteiger partial charge in [-0.3, -0.25) is 14.6 Å². The van der Waals surface area contributed by atoms with Crippen molar-refractivity contribution in [3.05, 3.63) is 72.6 Å². The highest BCUT2D eigenvalue weighted by Crippen LogP contribution is 2.59. The van der Waals surface area contributed by atoms with Crippen LogP contribution in [0.2, 0.25) is 0 Å². The third-order valence-corrected chi connectivity index (χ3v) is 6.41. The Balaban J connectivity index is 1.25. The average Bonchev–Trinajstić information content (AvgIpc) is 3.51. The first-order chi connectivity index (χ1) is 15.1. The zero-order valence-corrected chi connectivity index (χ0v) is 17.8. The Kier molecular flexibility index (Phi) is 6.35. The smallest absolute Gasteiger partial charge is 0.253 e. The number of hydrogen-bond donors (Lipinski definition) is 1. The summed E-state index contributed by atoms with van der Waals surface area (Å²) < 4.78 is 5.54. The minimum Gasteiger partial charge on any atom is -0.490 e. The number of nitrogens with one attached hydrogen (secondary N) is 1. The van der Waals surface area contributed by atoms with Crippen molar-refractivity contribution in [3.8, 4) is 5.75 Å². The molecule has 1 N–H and O–H groups in total. The van der Waals surface area contributed by atoms with Gasteiger partial charge in [0.1, 0.15) is 12.4 Å². The van der Waals surface area contributed by atoms with Gasteiger partial charge in [0, 0.05) is 49.4 Å². The molecule has 1 aliphatic heterocycles. The van der Waals surface area contributed by atoms with Crippen molar-refractivity contribution in [3.63, 3.8) is 0 Å². The van der Waals surface area contributed by atoms with Crippen LogP contribution >= 0.6 is 0 Å². The van der Waals surface area contributed by atoms with Crippen LogP contribution in [0.4, 0.5) is 0 Å². The Bertz CT molecular complexity index is 936. The number of carbonyl (C=O) groups is 2. The molecule has 2 fully saturated rings. The van der Waals surface area contributed by atoms with E-state index in [0.717, 1.165) is 31.4 Å². The highest BCUT2D eigenvalue weighted by atomic mass is 16.5. The SMILES string of the molecule is C=CCOc1cccc(C(=O)N2CCC3(CC2)CC3C(=O)NCCc2ccccn2)c1. The fraction of sp³-hybridized carbons (Fsp3) is 0.400. The van der Waals surface area contributed by atoms with E-state index in [-0.39, 0.29) is 23.1 Å². The predicted molar refractivity (Wildman–Crippen MR) is 119 cm³/mol. The van der Waals surface area contributed by atoms with Crippen molar-refractivity contribution in [2.45, 2.75) is 25.7 Å². The van der Waals surface area contributed by atoms with E-state index in [1.54, 1.807) is 18.3 Å². The van der Waals surface area contributed by atoms with Crippen molar-refractivity contribution >= 4 is 11.8 Å². The molecule has 2 heterocycles. The molecule has 1 unspecified atom stereocenters. The first-order valence-electron chi connectivity index (χ1n) is 10.9. The van der Waals surface area contributed by atoms with Gasteiger partial charge in [-0.05, 0) is 55.0 Å². The lowest BCUT2D eigenvalue weighted by Crippen LogP contribution is -2.40. The number of carbonyl (C=O) groups excluding carboxylic acids is 2. The van der Waals surface area contributed by atoms with Gasteiger partial charge in [-0.2, -0.15) is 0 Å². The number of amides is 2. The maximum atomic E-state index is 12.9. The van der Waals surface area contributed by atoms with E-state index in [0.29, 0.717) is 37.6 Å². The van der Waals surface area contributed by atoms with E-state index in [2.05, 4.69) is 16.9 Å². The molecule has 1 aromatic heterocycles. The van der Waals surface area contributed by atoms with Gasteiger partial charge in [0.05, 0.1) is 0 Å². The molecule has 6 nitrogen and oxygen atoms in total. The monoisotopic (exact) mass is 419 g/mol. The molecule has 4 rings (SSSR count). The normalized spacial score (nSPS) is 19.0. The number of aromatic nitrogens is 1. The maximum Gasteiger partial charge on any atom is 0.253 e. The Morgan fingerprint density at radius 3 is 2.81 bits per heavy atom. The summed E-state index contributed by atoms with van der Waals surface area (Å²) in [5.41, 5.74) is 1.69. The predicted octanol–water partition coefficient (Wildman–Crippen LogP) is 3.25. The van der Waals surface area contributed by atoms with Gasteiger partial charge in [0.15, 0.2) is 0 Å². The van der Waals surface area contributed by atoms with Crippen LogP contribution in [-0.4, -0.2) is 47.9 Å². The Morgan fingerprint density at radius 2 is 2.06 bits per heavy atom. The van der Waals surface area contributed by atoms with Crippen LogP contribution in [0.25, 0.3) is 0 Å². The number of hydrogen-bond acceptors (Lipinski definition) is 4. The molecule has 2 aliphatic rings. The minimum absolute atomic E-state index is 0.0240. The lowest BCUT2D eigenvalue weighted by atomic mass is 9.90. The van der Waals surface area contributed by atoms with E-state index in [9.17, 15) is 9.59 Å². The van der Waals surface area contributed by atoms with Crippen LogP contribution in [0.15, 0.2) is 61.3 Å². The van der Waals surface area contributed by atoms with Crippen LogP contribution in [0.5, 0.6) is 5.75 Å². The number of piperidine rings is 1. The lowest BCUT2D eigenvalue weighted by Gasteiger charge is -2.33. The van der Waals surface area contributed by atoms with E-state index in [1.807, 2.05) is 41.3 Å². The molecule has 0 radical (unpaired) electrons. The molecule has 31 heavy (non-hydrogen) atoms. The molecular weight excluding hydrogens is 390 g/mol. The number of nitrogens with zero attached hydrogens (tertiary/aromatic N) is 2. The third-order valence-electron chi connectivity index (χ3n) is 6.41. The van der Waals surface area contributed by atoms with Crippen LogP contribution in [-0.2, 0) is 11.2 Å². The molecule has 162 valence electrons. The summed E-state index contributed by atoms with van der Waals surface area (Å²) in [6, 6.07) is 13.1. The first-order valence-corrected chi connectivity index (χ1v) is 10.9. The van der Waals surface area contributed by atoms with Gasteiger partial charge in [-0.25, -0.2) is 0 Å². The Hall–Kier alpha value is -3.15. The number of likely N-dealkylation sites (tertiary alicyclic amines) is 1. The number of pyridine rings is 1. The van der Waals surface area contributed by atoms with E-state index < -0.39 is 0 Å². The quantitative estimate of drug-likeness (QED) is 0.667. The highest BCUT2D eigenvalue weighted by molar-refractivity contribution is 5.94. The summed E-state index contributed by atoms with van der Waals surface area (Å²) >= 11 is 0. The van der Waals surface area contributed by atoms with E-state index in [1.165, 1.54) is 0 Å². The zero-order chi connectivity index (χ0) is 21.7. The Labute approximate surface area is 183 Å². The molecule has 1 saturated heterocycles. The maximum absolute atomic E-state index is 12.9. The average molecular weight is 420 g/mol. The van der Waals surface area contributed by atoms with Crippen molar-refractivity contribution < 1.29 is 14.3 Å². The zero-order valence-electron chi connectivity index (χ0n) is 17.8. The standard InChI is InChI=1S/C25H29N3O3/c1-2-16-31-21-8-5-6-19(17-21)24(30)28-14-10-25(11-15-28)18-22(25)23(29)27-13-9-20-7-3-4-12-26-20/h2-8,12,17,22H,1,9-11,13-16,18H2,(H,27,29). The van der Waals surface area contributed by atoms with Gasteiger partial charge in [-0.1, -0.05) is 24.8 Å². The van der Waals surface area contributed by atoms with Gasteiger partial charge < -0.3 is 15.0 Å².